The lowest BCUT2D eigenvalue weighted by molar-refractivity contribution is -0.111. The summed E-state index contributed by atoms with van der Waals surface area (Å²) in [6.45, 7) is 7.29. The van der Waals surface area contributed by atoms with Crippen LogP contribution in [-0.4, -0.2) is 31.6 Å². The van der Waals surface area contributed by atoms with Crippen LogP contribution in [0.5, 0.6) is 11.5 Å². The minimum atomic E-state index is -0.292. The number of nitrogens with one attached hydrogen (secondary N) is 2. The van der Waals surface area contributed by atoms with Gasteiger partial charge in [0.25, 0.3) is 5.91 Å². The van der Waals surface area contributed by atoms with Crippen molar-refractivity contribution in [2.24, 2.45) is 0 Å². The van der Waals surface area contributed by atoms with Gasteiger partial charge in [0, 0.05) is 23.9 Å². The highest BCUT2D eigenvalue weighted by atomic mass is 16.5. The van der Waals surface area contributed by atoms with E-state index >= 15 is 0 Å². The van der Waals surface area contributed by atoms with E-state index < -0.39 is 0 Å². The molecule has 6 nitrogen and oxygen atoms in total. The fourth-order valence-electron chi connectivity index (χ4n) is 2.53. The fraction of sp³-hybridized carbons (Fsp3) is 0.273. The lowest BCUT2D eigenvalue weighted by Crippen LogP contribution is -2.22. The van der Waals surface area contributed by atoms with Gasteiger partial charge in [-0.25, -0.2) is 0 Å². The normalized spacial score (nSPS) is 10.5. The summed E-state index contributed by atoms with van der Waals surface area (Å²) in [4.78, 5) is 24.1. The van der Waals surface area contributed by atoms with Gasteiger partial charge in [0.2, 0.25) is 5.91 Å². The van der Waals surface area contributed by atoms with Crippen molar-refractivity contribution >= 4 is 23.6 Å². The molecule has 2 amide bonds. The minimum absolute atomic E-state index is 0.174. The van der Waals surface area contributed by atoms with Crippen LogP contribution in [0.2, 0.25) is 0 Å². The third-order valence-electron chi connectivity index (χ3n) is 3.72. The van der Waals surface area contributed by atoms with E-state index in [1.54, 1.807) is 30.3 Å². The molecule has 0 aliphatic carbocycles. The van der Waals surface area contributed by atoms with Gasteiger partial charge in [-0.3, -0.25) is 9.59 Å². The van der Waals surface area contributed by atoms with Gasteiger partial charge in [0.1, 0.15) is 0 Å². The van der Waals surface area contributed by atoms with Crippen molar-refractivity contribution < 1.29 is 19.1 Å². The van der Waals surface area contributed by atoms with Gasteiger partial charge in [-0.2, -0.15) is 0 Å². The quantitative estimate of drug-likeness (QED) is 0.645. The van der Waals surface area contributed by atoms with E-state index in [4.69, 9.17) is 9.47 Å². The zero-order valence-electron chi connectivity index (χ0n) is 16.5. The predicted octanol–water partition coefficient (Wildman–Crippen LogP) is 3.89. The molecule has 0 spiro atoms. The van der Waals surface area contributed by atoms with Crippen LogP contribution in [0.15, 0.2) is 48.5 Å². The Kier molecular flexibility index (Phi) is 8.09. The average molecular weight is 382 g/mol. The van der Waals surface area contributed by atoms with E-state index in [1.165, 1.54) is 6.08 Å². The highest BCUT2D eigenvalue weighted by Crippen LogP contribution is 2.29. The molecule has 28 heavy (non-hydrogen) atoms. The Hall–Kier alpha value is -3.28. The molecule has 0 bridgehead atoms. The van der Waals surface area contributed by atoms with E-state index in [9.17, 15) is 9.59 Å². The van der Waals surface area contributed by atoms with E-state index in [0.717, 1.165) is 5.56 Å². The summed E-state index contributed by atoms with van der Waals surface area (Å²) in [5, 5.41) is 5.49. The zero-order valence-corrected chi connectivity index (χ0v) is 16.5. The number of rotatable bonds is 9. The Morgan fingerprint density at radius 2 is 1.71 bits per heavy atom. The minimum Gasteiger partial charge on any atom is -0.490 e. The lowest BCUT2D eigenvalue weighted by Gasteiger charge is -2.11. The van der Waals surface area contributed by atoms with Crippen molar-refractivity contribution in [1.82, 2.24) is 5.32 Å². The molecule has 0 aliphatic rings. The van der Waals surface area contributed by atoms with Crippen LogP contribution < -0.4 is 20.1 Å². The number of anilines is 1. The maximum absolute atomic E-state index is 12.2. The van der Waals surface area contributed by atoms with Gasteiger partial charge >= 0.3 is 0 Å². The van der Waals surface area contributed by atoms with Crippen LogP contribution >= 0.6 is 0 Å². The summed E-state index contributed by atoms with van der Waals surface area (Å²) in [6, 6.07) is 12.3. The highest BCUT2D eigenvalue weighted by Gasteiger charge is 2.07. The maximum atomic E-state index is 12.2. The second kappa shape index (κ2) is 10.8. The molecule has 0 saturated heterocycles. The van der Waals surface area contributed by atoms with E-state index in [1.807, 2.05) is 39.0 Å². The largest absolute Gasteiger partial charge is 0.490 e. The lowest BCUT2D eigenvalue weighted by atomic mass is 10.1. The zero-order chi connectivity index (χ0) is 20.4. The number of carbonyl (C=O) groups is 2. The summed E-state index contributed by atoms with van der Waals surface area (Å²) >= 11 is 0. The number of hydrogen-bond acceptors (Lipinski definition) is 4. The van der Waals surface area contributed by atoms with Crippen molar-refractivity contribution in [2.45, 2.75) is 20.8 Å². The third-order valence-corrected chi connectivity index (χ3v) is 3.72. The SMILES string of the molecule is CCNC(=O)c1cccc(NC(=O)/C=C/c2ccc(OCC)c(OCC)c2)c1. The average Bonchev–Trinajstić information content (AvgIpc) is 2.69. The van der Waals surface area contributed by atoms with Crippen molar-refractivity contribution in [3.05, 3.63) is 59.7 Å². The van der Waals surface area contributed by atoms with Crippen LogP contribution in [0.1, 0.15) is 36.7 Å². The molecular formula is C22H26N2O4. The number of ether oxygens (including phenoxy) is 2. The van der Waals surface area contributed by atoms with Crippen LogP contribution in [0.25, 0.3) is 6.08 Å². The van der Waals surface area contributed by atoms with Crippen molar-refractivity contribution in [1.29, 1.82) is 0 Å². The van der Waals surface area contributed by atoms with Gasteiger partial charge in [0.05, 0.1) is 13.2 Å². The summed E-state index contributed by atoms with van der Waals surface area (Å²) in [7, 11) is 0. The smallest absolute Gasteiger partial charge is 0.251 e. The Morgan fingerprint density at radius 1 is 0.964 bits per heavy atom. The number of hydrogen-bond donors (Lipinski definition) is 2. The Balaban J connectivity index is 2.06. The third kappa shape index (κ3) is 6.16. The van der Waals surface area contributed by atoms with Gasteiger partial charge in [-0.05, 0) is 62.7 Å². The molecular weight excluding hydrogens is 356 g/mol. The summed E-state index contributed by atoms with van der Waals surface area (Å²) < 4.78 is 11.1. The van der Waals surface area contributed by atoms with E-state index in [-0.39, 0.29) is 11.8 Å². The molecule has 2 N–H and O–H groups in total. The molecule has 0 atom stereocenters. The van der Waals surface area contributed by atoms with Crippen LogP contribution in [0.3, 0.4) is 0 Å². The molecule has 0 aromatic heterocycles. The Labute approximate surface area is 165 Å². The highest BCUT2D eigenvalue weighted by molar-refractivity contribution is 6.03. The number of amides is 2. The Bertz CT molecular complexity index is 846. The van der Waals surface area contributed by atoms with Gasteiger partial charge in [-0.1, -0.05) is 12.1 Å². The number of benzene rings is 2. The monoisotopic (exact) mass is 382 g/mol. The molecule has 0 fully saturated rings. The molecule has 148 valence electrons. The molecule has 0 saturated carbocycles. The van der Waals surface area contributed by atoms with Crippen LogP contribution in [0.4, 0.5) is 5.69 Å². The second-order valence-electron chi connectivity index (χ2n) is 5.84. The standard InChI is InChI=1S/C22H26N2O4/c1-4-23-22(26)17-8-7-9-18(15-17)24-21(25)13-11-16-10-12-19(27-5-2)20(14-16)28-6-3/h7-15H,4-6H2,1-3H3,(H,23,26)(H,24,25)/b13-11+. The second-order valence-corrected chi connectivity index (χ2v) is 5.84. The molecule has 0 heterocycles. The molecule has 2 aromatic rings. The first-order valence-corrected chi connectivity index (χ1v) is 9.34. The predicted molar refractivity (Wildman–Crippen MR) is 111 cm³/mol. The Morgan fingerprint density at radius 3 is 2.43 bits per heavy atom. The molecule has 0 unspecified atom stereocenters. The van der Waals surface area contributed by atoms with Crippen LogP contribution in [-0.2, 0) is 4.79 Å². The van der Waals surface area contributed by atoms with Gasteiger partial charge in [-0.15, -0.1) is 0 Å². The fourth-order valence-corrected chi connectivity index (χ4v) is 2.53. The van der Waals surface area contributed by atoms with Gasteiger partial charge < -0.3 is 20.1 Å². The molecule has 2 aromatic carbocycles. The first-order chi connectivity index (χ1) is 13.6. The van der Waals surface area contributed by atoms with Crippen molar-refractivity contribution in [3.8, 4) is 11.5 Å². The first-order valence-electron chi connectivity index (χ1n) is 9.34. The van der Waals surface area contributed by atoms with Crippen LogP contribution in [0, 0.1) is 0 Å². The summed E-state index contributed by atoms with van der Waals surface area (Å²) in [5.41, 5.74) is 1.87. The summed E-state index contributed by atoms with van der Waals surface area (Å²) in [5.74, 6) is 0.849. The van der Waals surface area contributed by atoms with E-state index in [0.29, 0.717) is 42.5 Å². The van der Waals surface area contributed by atoms with Crippen molar-refractivity contribution in [3.63, 3.8) is 0 Å². The van der Waals surface area contributed by atoms with Gasteiger partial charge in [0.15, 0.2) is 11.5 Å². The molecule has 2 rings (SSSR count). The van der Waals surface area contributed by atoms with E-state index in [2.05, 4.69) is 10.6 Å². The van der Waals surface area contributed by atoms with Crippen molar-refractivity contribution in [2.75, 3.05) is 25.1 Å². The summed E-state index contributed by atoms with van der Waals surface area (Å²) in [6.07, 6.45) is 3.13. The molecule has 0 radical (unpaired) electrons. The molecule has 0 aliphatic heterocycles. The topological polar surface area (TPSA) is 76.7 Å². The first kappa shape index (κ1) is 21.0. The molecule has 6 heteroatoms. The number of carbonyl (C=O) groups excluding carboxylic acids is 2. The maximum Gasteiger partial charge on any atom is 0.251 e.